The number of para-hydroxylation sites is 1. The number of hydrogen-bond donors (Lipinski definition) is 3. The summed E-state index contributed by atoms with van der Waals surface area (Å²) >= 11 is 0. The van der Waals surface area contributed by atoms with Crippen LogP contribution in [0.3, 0.4) is 0 Å². The molecule has 0 aliphatic rings. The number of hydrogen-bond acceptors (Lipinski definition) is 2. The van der Waals surface area contributed by atoms with Gasteiger partial charge >= 0.3 is 0 Å². The van der Waals surface area contributed by atoms with Crippen LogP contribution >= 0.6 is 0 Å². The highest BCUT2D eigenvalue weighted by Crippen LogP contribution is 2.22. The number of H-pyrrole nitrogens is 2. The van der Waals surface area contributed by atoms with E-state index < -0.39 is 0 Å². The van der Waals surface area contributed by atoms with Crippen LogP contribution in [0.2, 0.25) is 0 Å². The fraction of sp³-hybridized carbons (Fsp3) is 0.100. The lowest BCUT2D eigenvalue weighted by Gasteiger charge is -2.08. The number of pyridine rings is 1. The van der Waals surface area contributed by atoms with Crippen LogP contribution in [0.5, 0.6) is 0 Å². The molecular formula is C20H17N3O2. The lowest BCUT2D eigenvalue weighted by Crippen LogP contribution is -2.12. The number of carbonyl (C=O) groups excluding carboxylic acids is 1. The summed E-state index contributed by atoms with van der Waals surface area (Å²) in [6, 6.07) is 14.9. The minimum atomic E-state index is -0.189. The lowest BCUT2D eigenvalue weighted by molar-refractivity contribution is 0.102. The molecule has 0 bridgehead atoms. The maximum Gasteiger partial charge on any atom is 0.257 e. The fourth-order valence-corrected chi connectivity index (χ4v) is 3.16. The Hall–Kier alpha value is -3.34. The number of anilines is 1. The van der Waals surface area contributed by atoms with E-state index in [4.69, 9.17) is 0 Å². The second-order valence-corrected chi connectivity index (χ2v) is 5.97. The number of nitrogens with one attached hydrogen (secondary N) is 3. The van der Waals surface area contributed by atoms with Crippen molar-refractivity contribution in [2.24, 2.45) is 0 Å². The van der Waals surface area contributed by atoms with Crippen molar-refractivity contribution in [1.82, 2.24) is 9.97 Å². The van der Waals surface area contributed by atoms with Crippen molar-refractivity contribution < 1.29 is 4.79 Å². The zero-order chi connectivity index (χ0) is 17.4. The monoisotopic (exact) mass is 331 g/mol. The SMILES string of the molecule is CCc1cc(=O)[nH]c2cc(NC(=O)c3c[nH]c4ccccc34)ccc12. The summed E-state index contributed by atoms with van der Waals surface area (Å²) in [6.45, 7) is 2.01. The molecule has 0 atom stereocenters. The van der Waals surface area contributed by atoms with E-state index >= 15 is 0 Å². The van der Waals surface area contributed by atoms with E-state index in [9.17, 15) is 9.59 Å². The van der Waals surface area contributed by atoms with E-state index in [0.29, 0.717) is 11.3 Å². The predicted molar refractivity (Wildman–Crippen MR) is 100 cm³/mol. The Labute approximate surface area is 143 Å². The summed E-state index contributed by atoms with van der Waals surface area (Å²) in [5.74, 6) is -0.189. The van der Waals surface area contributed by atoms with Crippen molar-refractivity contribution in [3.63, 3.8) is 0 Å². The van der Waals surface area contributed by atoms with Gasteiger partial charge in [0.1, 0.15) is 0 Å². The molecule has 2 aromatic heterocycles. The van der Waals surface area contributed by atoms with Gasteiger partial charge in [0.05, 0.1) is 11.1 Å². The summed E-state index contributed by atoms with van der Waals surface area (Å²) in [7, 11) is 0. The maximum absolute atomic E-state index is 12.6. The highest BCUT2D eigenvalue weighted by Gasteiger charge is 2.12. The third-order valence-electron chi connectivity index (χ3n) is 4.40. The topological polar surface area (TPSA) is 77.8 Å². The van der Waals surface area contributed by atoms with Crippen LogP contribution in [0.4, 0.5) is 5.69 Å². The highest BCUT2D eigenvalue weighted by molar-refractivity contribution is 6.13. The van der Waals surface area contributed by atoms with Gasteiger partial charge in [-0.15, -0.1) is 0 Å². The summed E-state index contributed by atoms with van der Waals surface area (Å²) in [5, 5.41) is 4.77. The van der Waals surface area contributed by atoms with Crippen LogP contribution in [-0.4, -0.2) is 15.9 Å². The van der Waals surface area contributed by atoms with Crippen LogP contribution in [0.15, 0.2) is 59.5 Å². The second-order valence-electron chi connectivity index (χ2n) is 5.97. The molecular weight excluding hydrogens is 314 g/mol. The smallest absolute Gasteiger partial charge is 0.257 e. The fourth-order valence-electron chi connectivity index (χ4n) is 3.16. The molecule has 5 heteroatoms. The molecule has 3 N–H and O–H groups in total. The standard InChI is InChI=1S/C20H17N3O2/c1-2-12-9-19(24)23-18-10-13(7-8-14(12)18)22-20(25)16-11-21-17-6-4-3-5-15(16)17/h3-11,21H,2H2,1H3,(H,22,25)(H,23,24). The maximum atomic E-state index is 12.6. The molecule has 0 saturated heterocycles. The molecule has 0 fully saturated rings. The predicted octanol–water partition coefficient (Wildman–Crippen LogP) is 3.82. The number of benzene rings is 2. The zero-order valence-corrected chi connectivity index (χ0v) is 13.7. The molecule has 25 heavy (non-hydrogen) atoms. The van der Waals surface area contributed by atoms with E-state index in [1.54, 1.807) is 18.3 Å². The summed E-state index contributed by atoms with van der Waals surface area (Å²) in [5.41, 5.74) is 3.74. The Morgan fingerprint density at radius 1 is 1.04 bits per heavy atom. The number of aromatic nitrogens is 2. The van der Waals surface area contributed by atoms with E-state index in [0.717, 1.165) is 33.8 Å². The molecule has 1 amide bonds. The molecule has 4 aromatic rings. The first-order chi connectivity index (χ1) is 12.2. The van der Waals surface area contributed by atoms with Gasteiger partial charge in [-0.05, 0) is 30.2 Å². The summed E-state index contributed by atoms with van der Waals surface area (Å²) < 4.78 is 0. The normalized spacial score (nSPS) is 11.1. The first-order valence-corrected chi connectivity index (χ1v) is 8.19. The van der Waals surface area contributed by atoms with Crippen LogP contribution in [-0.2, 0) is 6.42 Å². The van der Waals surface area contributed by atoms with Crippen molar-refractivity contribution in [3.05, 3.63) is 76.2 Å². The van der Waals surface area contributed by atoms with Gasteiger partial charge in [0, 0.05) is 34.2 Å². The van der Waals surface area contributed by atoms with Gasteiger partial charge in [-0.3, -0.25) is 9.59 Å². The Balaban J connectivity index is 1.71. The van der Waals surface area contributed by atoms with Gasteiger partial charge in [-0.25, -0.2) is 0 Å². The highest BCUT2D eigenvalue weighted by atomic mass is 16.1. The Kier molecular flexibility index (Phi) is 3.61. The minimum Gasteiger partial charge on any atom is -0.360 e. The summed E-state index contributed by atoms with van der Waals surface area (Å²) in [4.78, 5) is 30.3. The van der Waals surface area contributed by atoms with Crippen molar-refractivity contribution in [3.8, 4) is 0 Å². The quantitative estimate of drug-likeness (QED) is 0.533. The van der Waals surface area contributed by atoms with Crippen LogP contribution < -0.4 is 10.9 Å². The van der Waals surface area contributed by atoms with Gasteiger partial charge in [-0.1, -0.05) is 31.2 Å². The lowest BCUT2D eigenvalue weighted by atomic mass is 10.1. The molecule has 0 saturated carbocycles. The van der Waals surface area contributed by atoms with Crippen molar-refractivity contribution in [2.75, 3.05) is 5.32 Å². The van der Waals surface area contributed by atoms with Gasteiger partial charge in [0.15, 0.2) is 0 Å². The third kappa shape index (κ3) is 2.70. The Morgan fingerprint density at radius 2 is 1.88 bits per heavy atom. The Bertz CT molecular complexity index is 1150. The van der Waals surface area contributed by atoms with Crippen LogP contribution in [0, 0.1) is 0 Å². The molecule has 2 heterocycles. The van der Waals surface area contributed by atoms with Crippen molar-refractivity contribution in [1.29, 1.82) is 0 Å². The molecule has 4 rings (SSSR count). The molecule has 5 nitrogen and oxygen atoms in total. The first kappa shape index (κ1) is 15.2. The molecule has 0 unspecified atom stereocenters. The molecule has 124 valence electrons. The number of rotatable bonds is 3. The van der Waals surface area contributed by atoms with Crippen LogP contribution in [0.25, 0.3) is 21.8 Å². The Morgan fingerprint density at radius 3 is 2.72 bits per heavy atom. The van der Waals surface area contributed by atoms with Crippen molar-refractivity contribution >= 4 is 33.4 Å². The number of fused-ring (bicyclic) bond motifs is 2. The van der Waals surface area contributed by atoms with E-state index in [2.05, 4.69) is 15.3 Å². The third-order valence-corrected chi connectivity index (χ3v) is 4.40. The molecule has 0 aliphatic carbocycles. The molecule has 2 aromatic carbocycles. The molecule has 0 spiro atoms. The first-order valence-electron chi connectivity index (χ1n) is 8.19. The largest absolute Gasteiger partial charge is 0.360 e. The van der Waals surface area contributed by atoms with E-state index in [1.807, 2.05) is 43.3 Å². The molecule has 0 aliphatic heterocycles. The van der Waals surface area contributed by atoms with E-state index in [-0.39, 0.29) is 11.5 Å². The summed E-state index contributed by atoms with van der Waals surface area (Å²) in [6.07, 6.45) is 2.49. The van der Waals surface area contributed by atoms with Gasteiger partial charge in [-0.2, -0.15) is 0 Å². The number of amides is 1. The zero-order valence-electron chi connectivity index (χ0n) is 13.7. The minimum absolute atomic E-state index is 0.135. The number of aromatic amines is 2. The van der Waals surface area contributed by atoms with Gasteiger partial charge in [0.25, 0.3) is 5.91 Å². The average Bonchev–Trinajstić information content (AvgIpc) is 3.04. The van der Waals surface area contributed by atoms with Gasteiger partial charge in [0.2, 0.25) is 5.56 Å². The van der Waals surface area contributed by atoms with Crippen LogP contribution in [0.1, 0.15) is 22.8 Å². The van der Waals surface area contributed by atoms with Gasteiger partial charge < -0.3 is 15.3 Å². The molecule has 0 radical (unpaired) electrons. The number of carbonyl (C=O) groups is 1. The van der Waals surface area contributed by atoms with E-state index in [1.165, 1.54) is 0 Å². The van der Waals surface area contributed by atoms with Crippen molar-refractivity contribution in [2.45, 2.75) is 13.3 Å². The second kappa shape index (κ2) is 5.94. The average molecular weight is 331 g/mol. The number of aryl methyl sites for hydroxylation is 1.